The zero-order chi connectivity index (χ0) is 20.7. The van der Waals surface area contributed by atoms with Gasteiger partial charge in [-0.2, -0.15) is 0 Å². The Morgan fingerprint density at radius 2 is 1.67 bits per heavy atom. The maximum Gasteiger partial charge on any atom is 0.152 e. The first-order chi connectivity index (χ1) is 12.9. The van der Waals surface area contributed by atoms with Crippen molar-refractivity contribution in [3.8, 4) is 0 Å². The molecule has 0 aromatic rings. The zero-order valence-corrected chi connectivity index (χ0v) is 18.8. The van der Waals surface area contributed by atoms with E-state index >= 15 is 0 Å². The maximum atomic E-state index is 4.92. The average molecular weight is 373 g/mol. The van der Waals surface area contributed by atoms with E-state index < -0.39 is 0 Å². The summed E-state index contributed by atoms with van der Waals surface area (Å²) in [6.45, 7) is 14.8. The molecule has 0 amide bonds. The molecule has 0 saturated carbocycles. The number of likely N-dealkylation sites (N-methyl/N-ethyl adjacent to an activating group) is 1. The fraction of sp³-hybridized carbons (Fsp3) is 0.609. The molecule has 0 bridgehead atoms. The predicted octanol–water partition coefficient (Wildman–Crippen LogP) is 6.47. The highest BCUT2D eigenvalue weighted by atomic mass is 15.0. The van der Waals surface area contributed by atoms with Crippen molar-refractivity contribution in [1.82, 2.24) is 5.32 Å². The summed E-state index contributed by atoms with van der Waals surface area (Å²) in [7, 11) is 1.90. The van der Waals surface area contributed by atoms with E-state index in [1.165, 1.54) is 0 Å². The van der Waals surface area contributed by atoms with Gasteiger partial charge in [0.05, 0.1) is 11.4 Å². The van der Waals surface area contributed by atoms with Gasteiger partial charge in [0.2, 0.25) is 0 Å². The SMILES string of the molecule is C/C=C(\N=C/CCC)C(=C\CCC)/N=C(/NC)C(/N=C\C(C)CC)=C(C)C. The Labute approximate surface area is 167 Å². The van der Waals surface area contributed by atoms with Crippen molar-refractivity contribution in [3.63, 3.8) is 0 Å². The van der Waals surface area contributed by atoms with Crippen LogP contribution in [0.4, 0.5) is 0 Å². The second-order valence-corrected chi connectivity index (χ2v) is 6.88. The minimum Gasteiger partial charge on any atom is -0.371 e. The van der Waals surface area contributed by atoms with Crippen LogP contribution in [-0.4, -0.2) is 25.3 Å². The largest absolute Gasteiger partial charge is 0.371 e. The van der Waals surface area contributed by atoms with Crippen LogP contribution in [-0.2, 0) is 0 Å². The Hall–Kier alpha value is -1.97. The maximum absolute atomic E-state index is 4.92. The summed E-state index contributed by atoms with van der Waals surface area (Å²) >= 11 is 0. The van der Waals surface area contributed by atoms with Gasteiger partial charge in [-0.15, -0.1) is 0 Å². The lowest BCUT2D eigenvalue weighted by atomic mass is 10.1. The van der Waals surface area contributed by atoms with E-state index in [-0.39, 0.29) is 0 Å². The highest BCUT2D eigenvalue weighted by Gasteiger charge is 2.10. The van der Waals surface area contributed by atoms with Crippen molar-refractivity contribution in [1.29, 1.82) is 0 Å². The molecule has 0 spiro atoms. The van der Waals surface area contributed by atoms with Crippen molar-refractivity contribution in [2.75, 3.05) is 7.05 Å². The van der Waals surface area contributed by atoms with Crippen molar-refractivity contribution in [3.05, 3.63) is 34.8 Å². The topological polar surface area (TPSA) is 49.1 Å². The normalized spacial score (nSPS) is 14.9. The number of rotatable bonds is 11. The van der Waals surface area contributed by atoms with Gasteiger partial charge in [-0.05, 0) is 51.5 Å². The van der Waals surface area contributed by atoms with Crippen molar-refractivity contribution in [2.45, 2.75) is 80.6 Å². The number of nitrogens with zero attached hydrogens (tertiary/aromatic N) is 3. The number of hydrogen-bond donors (Lipinski definition) is 1. The van der Waals surface area contributed by atoms with Crippen LogP contribution >= 0.6 is 0 Å². The summed E-state index contributed by atoms with van der Waals surface area (Å²) in [5.74, 6) is 1.22. The lowest BCUT2D eigenvalue weighted by molar-refractivity contribution is 0.754. The van der Waals surface area contributed by atoms with Gasteiger partial charge in [-0.1, -0.05) is 52.7 Å². The summed E-state index contributed by atoms with van der Waals surface area (Å²) in [6.07, 6.45) is 13.4. The average Bonchev–Trinajstić information content (AvgIpc) is 2.66. The van der Waals surface area contributed by atoms with Gasteiger partial charge in [0.15, 0.2) is 5.84 Å². The molecule has 0 radical (unpaired) electrons. The molecule has 1 unspecified atom stereocenters. The molecular weight excluding hydrogens is 332 g/mol. The molecule has 0 aliphatic rings. The highest BCUT2D eigenvalue weighted by Crippen LogP contribution is 2.18. The smallest absolute Gasteiger partial charge is 0.152 e. The minimum absolute atomic E-state index is 0.442. The fourth-order valence-corrected chi connectivity index (χ4v) is 2.15. The molecule has 0 aliphatic heterocycles. The Morgan fingerprint density at radius 3 is 2.15 bits per heavy atom. The number of nitrogens with one attached hydrogen (secondary N) is 1. The van der Waals surface area contributed by atoms with E-state index in [1.807, 2.05) is 32.5 Å². The van der Waals surface area contributed by atoms with Gasteiger partial charge in [-0.25, -0.2) is 4.99 Å². The summed E-state index contributed by atoms with van der Waals surface area (Å²) in [5, 5.41) is 3.24. The molecule has 0 fully saturated rings. The van der Waals surface area contributed by atoms with Gasteiger partial charge in [0, 0.05) is 19.5 Å². The first-order valence-corrected chi connectivity index (χ1v) is 10.3. The molecule has 0 aromatic carbocycles. The van der Waals surface area contributed by atoms with Gasteiger partial charge >= 0.3 is 0 Å². The van der Waals surface area contributed by atoms with Crippen LogP contribution in [0.15, 0.2) is 49.8 Å². The molecule has 4 nitrogen and oxygen atoms in total. The Morgan fingerprint density at radius 1 is 1.00 bits per heavy atom. The molecule has 1 atom stereocenters. The first kappa shape index (κ1) is 25.0. The zero-order valence-electron chi connectivity index (χ0n) is 18.8. The number of amidine groups is 1. The molecule has 0 heterocycles. The second-order valence-electron chi connectivity index (χ2n) is 6.88. The summed E-state index contributed by atoms with van der Waals surface area (Å²) in [5.41, 5.74) is 3.83. The highest BCUT2D eigenvalue weighted by molar-refractivity contribution is 6.00. The summed E-state index contributed by atoms with van der Waals surface area (Å²) in [6, 6.07) is 0. The first-order valence-electron chi connectivity index (χ1n) is 10.3. The summed E-state index contributed by atoms with van der Waals surface area (Å²) in [4.78, 5) is 14.3. The van der Waals surface area contributed by atoms with Crippen LogP contribution in [0.25, 0.3) is 0 Å². The van der Waals surface area contributed by atoms with Crippen molar-refractivity contribution < 1.29 is 0 Å². The van der Waals surface area contributed by atoms with E-state index in [9.17, 15) is 0 Å². The number of unbranched alkanes of at least 4 members (excludes halogenated alkanes) is 2. The lowest BCUT2D eigenvalue weighted by Gasteiger charge is -2.12. The Bertz CT molecular complexity index is 600. The van der Waals surface area contributed by atoms with E-state index in [4.69, 9.17) is 9.98 Å². The second kappa shape index (κ2) is 15.1. The third-order valence-corrected chi connectivity index (χ3v) is 4.08. The molecule has 4 heteroatoms. The summed E-state index contributed by atoms with van der Waals surface area (Å²) < 4.78 is 0. The number of aliphatic imine (C=N–C) groups is 3. The van der Waals surface area contributed by atoms with Gasteiger partial charge in [-0.3, -0.25) is 9.98 Å². The molecule has 1 N–H and O–H groups in total. The number of allylic oxidation sites excluding steroid dienone is 3. The lowest BCUT2D eigenvalue weighted by Crippen LogP contribution is -2.21. The third kappa shape index (κ3) is 10.1. The Kier molecular flexibility index (Phi) is 14.0. The molecule has 27 heavy (non-hydrogen) atoms. The molecule has 0 aromatic heterocycles. The van der Waals surface area contributed by atoms with Gasteiger partial charge in [0.1, 0.15) is 5.70 Å². The monoisotopic (exact) mass is 372 g/mol. The van der Waals surface area contributed by atoms with Crippen LogP contribution in [0, 0.1) is 5.92 Å². The van der Waals surface area contributed by atoms with Crippen LogP contribution in [0.1, 0.15) is 80.6 Å². The van der Waals surface area contributed by atoms with E-state index in [2.05, 4.69) is 57.9 Å². The molecular formula is C23H40N4. The van der Waals surface area contributed by atoms with Crippen LogP contribution < -0.4 is 5.32 Å². The van der Waals surface area contributed by atoms with Crippen molar-refractivity contribution >= 4 is 18.3 Å². The minimum atomic E-state index is 0.442. The third-order valence-electron chi connectivity index (χ3n) is 4.08. The molecule has 0 aliphatic carbocycles. The molecule has 0 saturated heterocycles. The molecule has 152 valence electrons. The van der Waals surface area contributed by atoms with Crippen molar-refractivity contribution in [2.24, 2.45) is 20.9 Å². The number of hydrogen-bond acceptors (Lipinski definition) is 3. The van der Waals surface area contributed by atoms with Gasteiger partial charge < -0.3 is 5.32 Å². The fourth-order valence-electron chi connectivity index (χ4n) is 2.15. The van der Waals surface area contributed by atoms with E-state index in [0.29, 0.717) is 5.92 Å². The van der Waals surface area contributed by atoms with Crippen LogP contribution in [0.2, 0.25) is 0 Å². The molecule has 0 rings (SSSR count). The van der Waals surface area contributed by atoms with E-state index in [1.54, 1.807) is 0 Å². The predicted molar refractivity (Wildman–Crippen MR) is 123 cm³/mol. The van der Waals surface area contributed by atoms with Crippen LogP contribution in [0.5, 0.6) is 0 Å². The van der Waals surface area contributed by atoms with Gasteiger partial charge in [0.25, 0.3) is 0 Å². The van der Waals surface area contributed by atoms with Crippen LogP contribution in [0.3, 0.4) is 0 Å². The quantitative estimate of drug-likeness (QED) is 0.252. The van der Waals surface area contributed by atoms with E-state index in [0.717, 1.165) is 60.6 Å². The Balaban J connectivity index is 6.04. The standard InChI is InChI=1S/C23H40N4/c1-9-13-15-21(20(12-4)25-16-14-10-2)27-23(24-8)22(18(5)6)26-17-19(7)11-3/h12,15-17,19H,9-11,13-14H2,1-8H3,(H,24,27)/b20-12-,21-15+,25-16-,26-17-.